The van der Waals surface area contributed by atoms with Crippen molar-refractivity contribution in [2.75, 3.05) is 0 Å². The molecular weight excluding hydrogens is 248 g/mol. The van der Waals surface area contributed by atoms with E-state index in [1.54, 1.807) is 6.33 Å². The van der Waals surface area contributed by atoms with Gasteiger partial charge in [0.2, 0.25) is 0 Å². The summed E-state index contributed by atoms with van der Waals surface area (Å²) in [7, 11) is 0. The van der Waals surface area contributed by atoms with Crippen LogP contribution in [-0.2, 0) is 6.54 Å². The fourth-order valence-electron chi connectivity index (χ4n) is 2.42. The number of nitrogens with one attached hydrogen (secondary N) is 1. The number of benzene rings is 1. The highest BCUT2D eigenvalue weighted by molar-refractivity contribution is 5.49. The van der Waals surface area contributed by atoms with Gasteiger partial charge in [-0.2, -0.15) is 5.10 Å². The van der Waals surface area contributed by atoms with Crippen LogP contribution in [0.1, 0.15) is 43.3 Å². The Labute approximate surface area is 121 Å². The minimum absolute atomic E-state index is 0.0636. The summed E-state index contributed by atoms with van der Waals surface area (Å²) in [5.74, 6) is 0.940. The SMILES string of the molecule is Cc1cc(C)c(-n2ncnc2CNC(C)(C)C)c(C)c1. The lowest BCUT2D eigenvalue weighted by atomic mass is 10.1. The molecule has 4 nitrogen and oxygen atoms in total. The number of rotatable bonds is 3. The molecule has 1 aromatic heterocycles. The fraction of sp³-hybridized carbons (Fsp3) is 0.500. The number of aromatic nitrogens is 3. The summed E-state index contributed by atoms with van der Waals surface area (Å²) in [6.07, 6.45) is 1.62. The Balaban J connectivity index is 2.38. The third kappa shape index (κ3) is 3.25. The minimum Gasteiger partial charge on any atom is -0.305 e. The highest BCUT2D eigenvalue weighted by Gasteiger charge is 2.15. The van der Waals surface area contributed by atoms with Crippen molar-refractivity contribution in [1.29, 1.82) is 0 Å². The molecule has 0 aliphatic rings. The normalized spacial score (nSPS) is 11.9. The molecule has 4 heteroatoms. The van der Waals surface area contributed by atoms with E-state index in [0.717, 1.165) is 11.5 Å². The van der Waals surface area contributed by atoms with Crippen molar-refractivity contribution < 1.29 is 0 Å². The zero-order chi connectivity index (χ0) is 14.9. The molecule has 0 aliphatic carbocycles. The molecule has 0 saturated carbocycles. The van der Waals surface area contributed by atoms with Crippen molar-refractivity contribution in [3.8, 4) is 5.69 Å². The first-order valence-electron chi connectivity index (χ1n) is 7.00. The molecule has 0 bridgehead atoms. The first-order chi connectivity index (χ1) is 9.28. The van der Waals surface area contributed by atoms with Crippen molar-refractivity contribution in [3.63, 3.8) is 0 Å². The Kier molecular flexibility index (Phi) is 3.95. The van der Waals surface area contributed by atoms with Crippen LogP contribution in [0.25, 0.3) is 5.69 Å². The number of aryl methyl sites for hydroxylation is 3. The Morgan fingerprint density at radius 3 is 2.25 bits per heavy atom. The van der Waals surface area contributed by atoms with Crippen LogP contribution in [0.4, 0.5) is 0 Å². The second-order valence-electron chi connectivity index (χ2n) is 6.44. The third-order valence-corrected chi connectivity index (χ3v) is 3.24. The Hall–Kier alpha value is -1.68. The van der Waals surface area contributed by atoms with Crippen LogP contribution in [0.2, 0.25) is 0 Å². The van der Waals surface area contributed by atoms with Gasteiger partial charge in [0.05, 0.1) is 12.2 Å². The van der Waals surface area contributed by atoms with Crippen molar-refractivity contribution >= 4 is 0 Å². The molecule has 0 atom stereocenters. The zero-order valence-corrected chi connectivity index (χ0v) is 13.3. The Morgan fingerprint density at radius 1 is 1.10 bits per heavy atom. The maximum Gasteiger partial charge on any atom is 0.146 e. The van der Waals surface area contributed by atoms with Gasteiger partial charge in [-0.15, -0.1) is 0 Å². The lowest BCUT2D eigenvalue weighted by Crippen LogP contribution is -2.36. The molecule has 1 N–H and O–H groups in total. The molecule has 0 radical (unpaired) electrons. The monoisotopic (exact) mass is 272 g/mol. The van der Waals surface area contributed by atoms with Gasteiger partial charge < -0.3 is 5.32 Å². The van der Waals surface area contributed by atoms with Gasteiger partial charge in [-0.25, -0.2) is 9.67 Å². The van der Waals surface area contributed by atoms with Gasteiger partial charge >= 0.3 is 0 Å². The first kappa shape index (κ1) is 14.7. The molecule has 0 fully saturated rings. The van der Waals surface area contributed by atoms with Crippen molar-refractivity contribution in [3.05, 3.63) is 41.0 Å². The number of hydrogen-bond acceptors (Lipinski definition) is 3. The lowest BCUT2D eigenvalue weighted by molar-refractivity contribution is 0.415. The van der Waals surface area contributed by atoms with Crippen LogP contribution >= 0.6 is 0 Å². The van der Waals surface area contributed by atoms with Gasteiger partial charge in [0, 0.05) is 5.54 Å². The molecule has 2 aromatic rings. The predicted octanol–water partition coefficient (Wildman–Crippen LogP) is 3.08. The van der Waals surface area contributed by atoms with E-state index < -0.39 is 0 Å². The molecule has 0 aliphatic heterocycles. The standard InChI is InChI=1S/C16H24N4/c1-11-7-12(2)15(13(3)8-11)20-14(17-10-19-20)9-18-16(4,5)6/h7-8,10,18H,9H2,1-6H3. The summed E-state index contributed by atoms with van der Waals surface area (Å²) in [6, 6.07) is 4.37. The highest BCUT2D eigenvalue weighted by atomic mass is 15.3. The van der Waals surface area contributed by atoms with E-state index in [4.69, 9.17) is 0 Å². The van der Waals surface area contributed by atoms with Gasteiger partial charge in [-0.05, 0) is 52.7 Å². The first-order valence-corrected chi connectivity index (χ1v) is 7.00. The summed E-state index contributed by atoms with van der Waals surface area (Å²) < 4.78 is 1.95. The van der Waals surface area contributed by atoms with Crippen LogP contribution in [0.5, 0.6) is 0 Å². The van der Waals surface area contributed by atoms with Gasteiger partial charge in [0.1, 0.15) is 12.2 Å². The largest absolute Gasteiger partial charge is 0.305 e. The number of nitrogens with zero attached hydrogens (tertiary/aromatic N) is 3. The molecule has 0 amide bonds. The van der Waals surface area contributed by atoms with E-state index >= 15 is 0 Å². The Morgan fingerprint density at radius 2 is 1.70 bits per heavy atom. The van der Waals surface area contributed by atoms with Crippen LogP contribution in [-0.4, -0.2) is 20.3 Å². The third-order valence-electron chi connectivity index (χ3n) is 3.24. The molecule has 0 unspecified atom stereocenters. The quantitative estimate of drug-likeness (QED) is 0.933. The van der Waals surface area contributed by atoms with Crippen LogP contribution in [0, 0.1) is 20.8 Å². The van der Waals surface area contributed by atoms with E-state index in [9.17, 15) is 0 Å². The van der Waals surface area contributed by atoms with Crippen molar-refractivity contribution in [1.82, 2.24) is 20.1 Å². The maximum absolute atomic E-state index is 4.40. The predicted molar refractivity (Wildman–Crippen MR) is 82.2 cm³/mol. The Bertz CT molecular complexity index is 582. The minimum atomic E-state index is 0.0636. The van der Waals surface area contributed by atoms with E-state index in [1.165, 1.54) is 16.7 Å². The second-order valence-corrected chi connectivity index (χ2v) is 6.44. The smallest absolute Gasteiger partial charge is 0.146 e. The van der Waals surface area contributed by atoms with Crippen LogP contribution in [0.15, 0.2) is 18.5 Å². The molecule has 0 spiro atoms. The average Bonchev–Trinajstić information content (AvgIpc) is 2.72. The van der Waals surface area contributed by atoms with Gasteiger partial charge in [0.15, 0.2) is 0 Å². The summed E-state index contributed by atoms with van der Waals surface area (Å²) in [5.41, 5.74) is 4.93. The summed E-state index contributed by atoms with van der Waals surface area (Å²) in [5, 5.41) is 7.87. The lowest BCUT2D eigenvalue weighted by Gasteiger charge is -2.21. The average molecular weight is 272 g/mol. The zero-order valence-electron chi connectivity index (χ0n) is 13.3. The molecule has 1 aromatic carbocycles. The molecule has 2 rings (SSSR count). The van der Waals surface area contributed by atoms with Crippen LogP contribution in [0.3, 0.4) is 0 Å². The van der Waals surface area contributed by atoms with E-state index in [2.05, 4.69) is 69.1 Å². The van der Waals surface area contributed by atoms with Crippen LogP contribution < -0.4 is 5.32 Å². The van der Waals surface area contributed by atoms with Gasteiger partial charge in [-0.1, -0.05) is 17.7 Å². The van der Waals surface area contributed by atoms with E-state index in [-0.39, 0.29) is 5.54 Å². The maximum atomic E-state index is 4.40. The topological polar surface area (TPSA) is 42.7 Å². The molecule has 0 saturated heterocycles. The van der Waals surface area contributed by atoms with E-state index in [1.807, 2.05) is 4.68 Å². The highest BCUT2D eigenvalue weighted by Crippen LogP contribution is 2.21. The molecule has 20 heavy (non-hydrogen) atoms. The summed E-state index contributed by atoms with van der Waals surface area (Å²) >= 11 is 0. The summed E-state index contributed by atoms with van der Waals surface area (Å²) in [4.78, 5) is 4.39. The van der Waals surface area contributed by atoms with Crippen molar-refractivity contribution in [2.24, 2.45) is 0 Å². The fourth-order valence-corrected chi connectivity index (χ4v) is 2.42. The number of hydrogen-bond donors (Lipinski definition) is 1. The van der Waals surface area contributed by atoms with E-state index in [0.29, 0.717) is 6.54 Å². The van der Waals surface area contributed by atoms with Gasteiger partial charge in [-0.3, -0.25) is 0 Å². The second kappa shape index (κ2) is 5.37. The van der Waals surface area contributed by atoms with Gasteiger partial charge in [0.25, 0.3) is 0 Å². The summed E-state index contributed by atoms with van der Waals surface area (Å²) in [6.45, 7) is 13.5. The molecule has 108 valence electrons. The van der Waals surface area contributed by atoms with Crippen molar-refractivity contribution in [2.45, 2.75) is 53.6 Å². The molecule has 1 heterocycles. The molecular formula is C16H24N4.